The Morgan fingerprint density at radius 2 is 1.78 bits per heavy atom. The highest BCUT2D eigenvalue weighted by atomic mass is 16.7. The van der Waals surface area contributed by atoms with Crippen molar-refractivity contribution in [2.75, 3.05) is 27.0 Å². The second-order valence-corrected chi connectivity index (χ2v) is 13.0. The monoisotopic (exact) mass is 635 g/mol. The van der Waals surface area contributed by atoms with Crippen LogP contribution in [0.3, 0.4) is 0 Å². The van der Waals surface area contributed by atoms with E-state index in [1.54, 1.807) is 7.11 Å². The molecule has 2 saturated heterocycles. The number of fused-ring (bicyclic) bond motifs is 3. The number of carbonyl (C=O) groups is 2. The molecular formula is C37H49NO8. The smallest absolute Gasteiger partial charge is 0.339 e. The molecule has 2 unspecified atom stereocenters. The van der Waals surface area contributed by atoms with Crippen molar-refractivity contribution in [3.05, 3.63) is 71.5 Å². The van der Waals surface area contributed by atoms with Crippen molar-refractivity contribution in [1.82, 2.24) is 4.90 Å². The maximum atomic E-state index is 14.5. The van der Waals surface area contributed by atoms with Crippen LogP contribution in [0.1, 0.15) is 88.8 Å². The van der Waals surface area contributed by atoms with Crippen molar-refractivity contribution in [1.29, 1.82) is 0 Å². The first kappa shape index (κ1) is 33.8. The second-order valence-electron chi connectivity index (χ2n) is 13.0. The molecule has 4 aliphatic rings. The predicted octanol–water partition coefficient (Wildman–Crippen LogP) is 6.47. The van der Waals surface area contributed by atoms with E-state index in [1.165, 1.54) is 0 Å². The topological polar surface area (TPSA) is 92.8 Å². The van der Waals surface area contributed by atoms with Crippen LogP contribution in [0.2, 0.25) is 0 Å². The van der Waals surface area contributed by atoms with E-state index in [9.17, 15) is 9.59 Å². The lowest BCUT2D eigenvalue weighted by atomic mass is 9.81. The maximum absolute atomic E-state index is 14.5. The second kappa shape index (κ2) is 14.5. The Bertz CT molecular complexity index is 1390. The van der Waals surface area contributed by atoms with Crippen molar-refractivity contribution in [2.45, 2.75) is 109 Å². The van der Waals surface area contributed by atoms with Gasteiger partial charge in [-0.25, -0.2) is 4.79 Å². The first-order valence-electron chi connectivity index (χ1n) is 16.7. The van der Waals surface area contributed by atoms with Crippen LogP contribution in [0.25, 0.3) is 0 Å². The van der Waals surface area contributed by atoms with Gasteiger partial charge in [0.25, 0.3) is 0 Å². The van der Waals surface area contributed by atoms with Crippen LogP contribution < -0.4 is 9.47 Å². The summed E-state index contributed by atoms with van der Waals surface area (Å²) in [6.07, 6.45) is 3.58. The quantitative estimate of drug-likeness (QED) is 0.227. The van der Waals surface area contributed by atoms with Gasteiger partial charge in [0.05, 0.1) is 19.1 Å². The van der Waals surface area contributed by atoms with Crippen LogP contribution in [-0.4, -0.2) is 67.2 Å². The summed E-state index contributed by atoms with van der Waals surface area (Å²) in [5, 5.41) is 0. The van der Waals surface area contributed by atoms with Crippen LogP contribution in [0.4, 0.5) is 0 Å². The van der Waals surface area contributed by atoms with Crippen molar-refractivity contribution in [3.8, 4) is 11.5 Å². The summed E-state index contributed by atoms with van der Waals surface area (Å²) in [5.41, 5.74) is 0.918. The third-order valence-corrected chi connectivity index (χ3v) is 9.51. The van der Waals surface area contributed by atoms with Gasteiger partial charge in [0.15, 0.2) is 23.2 Å². The highest BCUT2D eigenvalue weighted by molar-refractivity contribution is 5.86. The molecule has 250 valence electrons. The molecule has 6 rings (SSSR count). The first-order chi connectivity index (χ1) is 22.2. The number of esters is 2. The van der Waals surface area contributed by atoms with Gasteiger partial charge < -0.3 is 28.4 Å². The molecule has 2 fully saturated rings. The van der Waals surface area contributed by atoms with Crippen LogP contribution >= 0.6 is 0 Å². The van der Waals surface area contributed by atoms with Gasteiger partial charge in [-0.15, -0.1) is 0 Å². The Morgan fingerprint density at radius 3 is 2.50 bits per heavy atom. The Hall–Kier alpha value is -3.56. The molecule has 0 aromatic heterocycles. The Balaban J connectivity index is 0.00000204. The van der Waals surface area contributed by atoms with E-state index in [-0.39, 0.29) is 31.8 Å². The minimum atomic E-state index is -1.50. The Morgan fingerprint density at radius 1 is 1.04 bits per heavy atom. The fraction of sp³-hybridized carbons (Fsp3) is 0.568. The average Bonchev–Trinajstić information content (AvgIpc) is 3.69. The van der Waals surface area contributed by atoms with Crippen LogP contribution in [-0.2, 0) is 41.6 Å². The molecule has 4 atom stereocenters. The molecule has 0 bridgehead atoms. The highest BCUT2D eigenvalue weighted by Crippen LogP contribution is 2.47. The molecule has 2 aromatic carbocycles. The van der Waals surface area contributed by atoms with Crippen LogP contribution in [0, 0.1) is 0 Å². The van der Waals surface area contributed by atoms with Gasteiger partial charge in [-0.1, -0.05) is 50.8 Å². The number of rotatable bonds is 9. The Labute approximate surface area is 273 Å². The van der Waals surface area contributed by atoms with Gasteiger partial charge >= 0.3 is 11.9 Å². The van der Waals surface area contributed by atoms with Crippen molar-refractivity contribution in [2.24, 2.45) is 0 Å². The van der Waals surface area contributed by atoms with Crippen LogP contribution in [0.15, 0.2) is 54.8 Å². The van der Waals surface area contributed by atoms with E-state index >= 15 is 0 Å². The lowest BCUT2D eigenvalue weighted by Gasteiger charge is -2.44. The molecular weight excluding hydrogens is 586 g/mol. The standard InChI is InChI=1S/C35H43NO8.C2H6/c1-23(39-4)32(31-26-19-29-28(41-22-42-29)18-25(26)13-17-36-16-8-12-27(31)36)43-33(38)35(15-9-14-34(2,3)44-35)20-30(37)40-21-24-10-6-5-7-11-24;1-2/h5-7,10-11,18-19,27,31-32H,1,8-9,12-17,20-22H2,2-4H3;1-2H3/t27-,31?,32?,35+;/m1./s1. The largest absolute Gasteiger partial charge is 0.498 e. The summed E-state index contributed by atoms with van der Waals surface area (Å²) >= 11 is 0. The number of hydrogen-bond acceptors (Lipinski definition) is 9. The molecule has 0 N–H and O–H groups in total. The normalized spacial score (nSPS) is 25.1. The van der Waals surface area contributed by atoms with Gasteiger partial charge in [-0.05, 0) is 87.7 Å². The summed E-state index contributed by atoms with van der Waals surface area (Å²) in [6.45, 7) is 14.2. The molecule has 4 aliphatic heterocycles. The summed E-state index contributed by atoms with van der Waals surface area (Å²) in [7, 11) is 1.55. The predicted molar refractivity (Wildman–Crippen MR) is 174 cm³/mol. The average molecular weight is 636 g/mol. The van der Waals surface area contributed by atoms with E-state index in [1.807, 2.05) is 64.1 Å². The number of benzene rings is 2. The lowest BCUT2D eigenvalue weighted by Crippen LogP contribution is -2.54. The number of nitrogens with zero attached hydrogens (tertiary/aromatic N) is 1. The summed E-state index contributed by atoms with van der Waals surface area (Å²) in [4.78, 5) is 30.2. The minimum absolute atomic E-state index is 0.108. The zero-order chi connectivity index (χ0) is 32.9. The summed E-state index contributed by atoms with van der Waals surface area (Å²) in [6, 6.07) is 13.7. The van der Waals surface area contributed by atoms with Gasteiger partial charge in [-0.2, -0.15) is 0 Å². The lowest BCUT2D eigenvalue weighted by molar-refractivity contribution is -0.217. The zero-order valence-electron chi connectivity index (χ0n) is 28.0. The van der Waals surface area contributed by atoms with Gasteiger partial charge in [0.2, 0.25) is 6.79 Å². The molecule has 0 saturated carbocycles. The van der Waals surface area contributed by atoms with Crippen LogP contribution in [0.5, 0.6) is 11.5 Å². The third-order valence-electron chi connectivity index (χ3n) is 9.51. The minimum Gasteiger partial charge on any atom is -0.498 e. The maximum Gasteiger partial charge on any atom is 0.339 e. The van der Waals surface area contributed by atoms with Gasteiger partial charge in [0, 0.05) is 18.5 Å². The summed E-state index contributed by atoms with van der Waals surface area (Å²) in [5.74, 6) is 0.385. The molecule has 9 nitrogen and oxygen atoms in total. The molecule has 9 heteroatoms. The van der Waals surface area contributed by atoms with Crippen molar-refractivity contribution >= 4 is 11.9 Å². The number of carbonyl (C=O) groups excluding carboxylic acids is 2. The fourth-order valence-electron chi connectivity index (χ4n) is 7.37. The third kappa shape index (κ3) is 7.20. The molecule has 0 amide bonds. The van der Waals surface area contributed by atoms with Gasteiger partial charge in [-0.3, -0.25) is 9.69 Å². The zero-order valence-corrected chi connectivity index (χ0v) is 28.0. The molecule has 0 radical (unpaired) electrons. The first-order valence-corrected chi connectivity index (χ1v) is 16.7. The van der Waals surface area contributed by atoms with Gasteiger partial charge in [0.1, 0.15) is 12.4 Å². The molecule has 0 spiro atoms. The van der Waals surface area contributed by atoms with E-state index in [0.717, 1.165) is 61.2 Å². The number of methoxy groups -OCH3 is 1. The van der Waals surface area contributed by atoms with Crippen molar-refractivity contribution in [3.63, 3.8) is 0 Å². The van der Waals surface area contributed by atoms with E-state index in [4.69, 9.17) is 28.4 Å². The number of hydrogen-bond donors (Lipinski definition) is 0. The highest BCUT2D eigenvalue weighted by Gasteiger charge is 2.52. The van der Waals surface area contributed by atoms with E-state index < -0.39 is 29.2 Å². The molecule has 0 aliphatic carbocycles. The number of ether oxygens (including phenoxy) is 6. The molecule has 46 heavy (non-hydrogen) atoms. The van der Waals surface area contributed by atoms with Crippen molar-refractivity contribution < 1.29 is 38.0 Å². The summed E-state index contributed by atoms with van der Waals surface area (Å²) < 4.78 is 35.8. The fourth-order valence-corrected chi connectivity index (χ4v) is 7.37. The van der Waals surface area contributed by atoms with E-state index in [2.05, 4.69) is 17.5 Å². The SMILES string of the molecule is C=C(OC)C(OC(=O)[C@@]1(CC(=O)OCc2ccccc2)CCCC(C)(C)O1)C1c2cc3c(cc2CCN2CCC[C@H]12)OCO3.CC. The van der Waals surface area contributed by atoms with E-state index in [0.29, 0.717) is 24.4 Å². The Kier molecular flexibility index (Phi) is 10.6. The molecule has 4 heterocycles. The molecule has 2 aromatic rings.